The monoisotopic (exact) mass is 327 g/mol. The zero-order valence-corrected chi connectivity index (χ0v) is 15.2. The van der Waals surface area contributed by atoms with Crippen LogP contribution in [0.1, 0.15) is 34.7 Å². The van der Waals surface area contributed by atoms with E-state index in [9.17, 15) is 0 Å². The average molecular weight is 328 g/mol. The van der Waals surface area contributed by atoms with Gasteiger partial charge in [0.1, 0.15) is 0 Å². The summed E-state index contributed by atoms with van der Waals surface area (Å²) in [6.07, 6.45) is 0. The largest absolute Gasteiger partial charge is 0.352 e. The van der Waals surface area contributed by atoms with Gasteiger partial charge in [-0.15, -0.1) is 12.4 Å². The Hall–Kier alpha value is -0.710. The van der Waals surface area contributed by atoms with Gasteiger partial charge in [0.15, 0.2) is 5.17 Å². The number of benzene rings is 1. The Morgan fingerprint density at radius 3 is 2.48 bits per heavy atom. The predicted octanol–water partition coefficient (Wildman–Crippen LogP) is 3.77. The van der Waals surface area contributed by atoms with Gasteiger partial charge in [-0.1, -0.05) is 24.8 Å². The molecule has 1 aromatic carbocycles. The van der Waals surface area contributed by atoms with Gasteiger partial charge in [0.05, 0.1) is 13.3 Å². The number of nitrogens with one attached hydrogen (secondary N) is 1. The lowest BCUT2D eigenvalue weighted by Crippen LogP contribution is -2.41. The van der Waals surface area contributed by atoms with Crippen molar-refractivity contribution < 1.29 is 0 Å². The van der Waals surface area contributed by atoms with E-state index >= 15 is 0 Å². The highest BCUT2D eigenvalue weighted by molar-refractivity contribution is 8.13. The molecule has 21 heavy (non-hydrogen) atoms. The molecule has 0 saturated heterocycles. The van der Waals surface area contributed by atoms with E-state index < -0.39 is 0 Å². The number of aliphatic imine (C=N–C) groups is 1. The summed E-state index contributed by atoms with van der Waals surface area (Å²) >= 11 is 1.81. The quantitative estimate of drug-likeness (QED) is 0.915. The van der Waals surface area contributed by atoms with Gasteiger partial charge in [-0.3, -0.25) is 4.90 Å². The molecule has 1 N–H and O–H groups in total. The molecule has 1 aliphatic rings. The van der Waals surface area contributed by atoms with Crippen LogP contribution in [-0.2, 0) is 5.75 Å². The smallest absolute Gasteiger partial charge is 0.159 e. The molecule has 0 amide bonds. The van der Waals surface area contributed by atoms with Crippen molar-refractivity contribution in [2.24, 2.45) is 4.99 Å². The number of amidine groups is 1. The van der Waals surface area contributed by atoms with Crippen molar-refractivity contribution in [3.05, 3.63) is 33.9 Å². The van der Waals surface area contributed by atoms with E-state index in [-0.39, 0.29) is 12.4 Å². The fourth-order valence-corrected chi connectivity index (χ4v) is 3.26. The van der Waals surface area contributed by atoms with Gasteiger partial charge in [-0.05, 0) is 62.1 Å². The number of hydrogen-bond donors (Lipinski definition) is 1. The van der Waals surface area contributed by atoms with E-state index in [1.807, 2.05) is 11.8 Å². The Morgan fingerprint density at radius 2 is 1.90 bits per heavy atom. The number of thioether (sulfide) groups is 1. The van der Waals surface area contributed by atoms with Crippen LogP contribution in [0.5, 0.6) is 0 Å². The summed E-state index contributed by atoms with van der Waals surface area (Å²) in [6, 6.07) is 2.33. The van der Waals surface area contributed by atoms with Crippen LogP contribution in [0.15, 0.2) is 11.1 Å². The van der Waals surface area contributed by atoms with Gasteiger partial charge in [-0.2, -0.15) is 0 Å². The maximum Gasteiger partial charge on any atom is 0.159 e. The van der Waals surface area contributed by atoms with Crippen molar-refractivity contribution in [2.45, 2.75) is 40.4 Å². The van der Waals surface area contributed by atoms with E-state index in [4.69, 9.17) is 0 Å². The van der Waals surface area contributed by atoms with Crippen molar-refractivity contribution in [2.75, 3.05) is 19.9 Å². The highest BCUT2D eigenvalue weighted by Gasteiger charge is 2.12. The number of halogens is 1. The van der Waals surface area contributed by atoms with E-state index in [0.717, 1.165) is 30.8 Å². The van der Waals surface area contributed by atoms with Crippen molar-refractivity contribution >= 4 is 29.3 Å². The zero-order chi connectivity index (χ0) is 14.7. The maximum atomic E-state index is 4.58. The molecule has 1 heterocycles. The molecular formula is C16H26ClN3S. The minimum absolute atomic E-state index is 0. The minimum Gasteiger partial charge on any atom is -0.352 e. The first kappa shape index (κ1) is 18.3. The summed E-state index contributed by atoms with van der Waals surface area (Å²) in [5.41, 5.74) is 7.09. The highest BCUT2D eigenvalue weighted by atomic mass is 35.5. The third-order valence-electron chi connectivity index (χ3n) is 4.27. The lowest BCUT2D eigenvalue weighted by Gasteiger charge is -2.25. The molecule has 1 aliphatic heterocycles. The van der Waals surface area contributed by atoms with Gasteiger partial charge < -0.3 is 5.32 Å². The summed E-state index contributed by atoms with van der Waals surface area (Å²) in [5.74, 6) is 0.992. The second-order valence-electron chi connectivity index (χ2n) is 5.44. The molecule has 118 valence electrons. The molecule has 2 rings (SSSR count). The van der Waals surface area contributed by atoms with Crippen molar-refractivity contribution in [3.8, 4) is 0 Å². The van der Waals surface area contributed by atoms with Gasteiger partial charge in [-0.25, -0.2) is 4.99 Å². The number of hydrogen-bond acceptors (Lipinski definition) is 4. The van der Waals surface area contributed by atoms with Crippen LogP contribution < -0.4 is 5.32 Å². The number of rotatable bonds is 3. The minimum atomic E-state index is 0. The Morgan fingerprint density at radius 1 is 1.19 bits per heavy atom. The van der Waals surface area contributed by atoms with E-state index in [0.29, 0.717) is 0 Å². The molecule has 0 radical (unpaired) electrons. The SMILES string of the molecule is CCN1CN=C(SCc2cc(C)c(C)c(C)c2C)NC1.Cl. The van der Waals surface area contributed by atoms with Crippen molar-refractivity contribution in [1.29, 1.82) is 0 Å². The standard InChI is InChI=1S/C16H25N3S.ClH/c1-6-19-9-17-16(18-10-19)20-8-15-7-11(2)12(3)13(4)14(15)5;/h7H,6,8-10H2,1-5H3,(H,17,18);1H. The highest BCUT2D eigenvalue weighted by Crippen LogP contribution is 2.25. The number of nitrogens with zero attached hydrogens (tertiary/aromatic N) is 2. The Kier molecular flexibility index (Phi) is 7.04. The van der Waals surface area contributed by atoms with Crippen LogP contribution >= 0.6 is 24.2 Å². The molecule has 0 fully saturated rings. The van der Waals surface area contributed by atoms with Gasteiger partial charge in [0.2, 0.25) is 0 Å². The van der Waals surface area contributed by atoms with E-state index in [1.165, 1.54) is 27.8 Å². The normalized spacial score (nSPS) is 15.2. The fraction of sp³-hybridized carbons (Fsp3) is 0.562. The first-order chi connectivity index (χ1) is 9.52. The van der Waals surface area contributed by atoms with Crippen LogP contribution in [0, 0.1) is 27.7 Å². The van der Waals surface area contributed by atoms with Crippen LogP contribution in [0.25, 0.3) is 0 Å². The molecule has 0 aliphatic carbocycles. The van der Waals surface area contributed by atoms with Gasteiger partial charge >= 0.3 is 0 Å². The summed E-state index contributed by atoms with van der Waals surface area (Å²) in [5, 5.41) is 4.46. The molecule has 3 nitrogen and oxygen atoms in total. The Labute approximate surface area is 139 Å². The fourth-order valence-electron chi connectivity index (χ4n) is 2.35. The molecule has 0 unspecified atom stereocenters. The van der Waals surface area contributed by atoms with Crippen LogP contribution in [0.2, 0.25) is 0 Å². The molecule has 0 aromatic heterocycles. The third kappa shape index (κ3) is 4.38. The second-order valence-corrected chi connectivity index (χ2v) is 6.41. The summed E-state index contributed by atoms with van der Waals surface area (Å²) < 4.78 is 0. The molecule has 0 bridgehead atoms. The van der Waals surface area contributed by atoms with Crippen molar-refractivity contribution in [1.82, 2.24) is 10.2 Å². The first-order valence-corrected chi connectivity index (χ1v) is 8.21. The number of aryl methyl sites for hydroxylation is 1. The molecule has 5 heteroatoms. The third-order valence-corrected chi connectivity index (χ3v) is 5.27. The van der Waals surface area contributed by atoms with Crippen LogP contribution in [0.3, 0.4) is 0 Å². The lowest BCUT2D eigenvalue weighted by atomic mass is 9.95. The first-order valence-electron chi connectivity index (χ1n) is 7.22. The Bertz CT molecular complexity index is 529. The average Bonchev–Trinajstić information content (AvgIpc) is 2.48. The summed E-state index contributed by atoms with van der Waals surface area (Å²) in [6.45, 7) is 13.8. The van der Waals surface area contributed by atoms with Gasteiger partial charge in [0, 0.05) is 5.75 Å². The maximum absolute atomic E-state index is 4.58. The molecule has 0 atom stereocenters. The van der Waals surface area contributed by atoms with Crippen molar-refractivity contribution in [3.63, 3.8) is 0 Å². The molecule has 1 aromatic rings. The molecule has 0 saturated carbocycles. The summed E-state index contributed by atoms with van der Waals surface area (Å²) in [7, 11) is 0. The zero-order valence-electron chi connectivity index (χ0n) is 13.6. The van der Waals surface area contributed by atoms with E-state index in [1.54, 1.807) is 0 Å². The van der Waals surface area contributed by atoms with E-state index in [2.05, 4.69) is 55.9 Å². The summed E-state index contributed by atoms with van der Waals surface area (Å²) in [4.78, 5) is 6.86. The molecular weight excluding hydrogens is 302 g/mol. The van der Waals surface area contributed by atoms with Gasteiger partial charge in [0.25, 0.3) is 0 Å². The lowest BCUT2D eigenvalue weighted by molar-refractivity contribution is 0.281. The molecule has 0 spiro atoms. The topological polar surface area (TPSA) is 27.6 Å². The van der Waals surface area contributed by atoms with Crippen LogP contribution in [0.4, 0.5) is 0 Å². The van der Waals surface area contributed by atoms with Crippen LogP contribution in [-0.4, -0.2) is 29.9 Å². The second kappa shape index (κ2) is 8.06. The Balaban J connectivity index is 0.00000220. The predicted molar refractivity (Wildman–Crippen MR) is 96.6 cm³/mol.